The molecule has 0 unspecified atom stereocenters. The van der Waals surface area contributed by atoms with E-state index in [1.54, 1.807) is 0 Å². The number of piperidine rings is 1. The minimum absolute atomic E-state index is 0.278. The van der Waals surface area contributed by atoms with Crippen molar-refractivity contribution in [3.8, 4) is 22.9 Å². The first-order chi connectivity index (χ1) is 13.8. The lowest BCUT2D eigenvalue weighted by Gasteiger charge is -2.31. The van der Waals surface area contributed by atoms with Gasteiger partial charge in [-0.25, -0.2) is 0 Å². The van der Waals surface area contributed by atoms with Crippen LogP contribution in [-0.2, 0) is 13.0 Å². The molecule has 0 bridgehead atoms. The molecule has 0 atom stereocenters. The van der Waals surface area contributed by atoms with Crippen LogP contribution in [0.15, 0.2) is 48.5 Å². The van der Waals surface area contributed by atoms with E-state index in [9.17, 15) is 0 Å². The van der Waals surface area contributed by atoms with Gasteiger partial charge in [0, 0.05) is 5.56 Å². The summed E-state index contributed by atoms with van der Waals surface area (Å²) in [7, 11) is 0. The largest absolute Gasteiger partial charge is 0.454 e. The molecule has 0 amide bonds. The zero-order chi connectivity index (χ0) is 18.8. The van der Waals surface area contributed by atoms with Gasteiger partial charge in [-0.05, 0) is 62.0 Å². The molecule has 1 aromatic heterocycles. The summed E-state index contributed by atoms with van der Waals surface area (Å²) < 4.78 is 10.8. The number of fused-ring (bicyclic) bond motifs is 1. The molecule has 6 heteroatoms. The first-order valence-electron chi connectivity index (χ1n) is 9.91. The summed E-state index contributed by atoms with van der Waals surface area (Å²) >= 11 is 0. The van der Waals surface area contributed by atoms with Crippen LogP contribution in [0, 0.1) is 5.92 Å². The molecule has 1 fully saturated rings. The van der Waals surface area contributed by atoms with Crippen LogP contribution >= 0.6 is 0 Å². The lowest BCUT2D eigenvalue weighted by molar-refractivity contribution is 0.173. The molecule has 2 aromatic carbocycles. The van der Waals surface area contributed by atoms with Crippen LogP contribution in [0.1, 0.15) is 24.2 Å². The molecule has 0 aliphatic carbocycles. The van der Waals surface area contributed by atoms with Crippen LogP contribution in [0.3, 0.4) is 0 Å². The van der Waals surface area contributed by atoms with Crippen molar-refractivity contribution in [1.82, 2.24) is 20.1 Å². The number of benzene rings is 2. The van der Waals surface area contributed by atoms with Crippen molar-refractivity contribution in [2.45, 2.75) is 25.8 Å². The number of rotatable bonds is 5. The summed E-state index contributed by atoms with van der Waals surface area (Å²) in [4.78, 5) is 5.82. The van der Waals surface area contributed by atoms with Crippen LogP contribution in [0.2, 0.25) is 0 Å². The Morgan fingerprint density at radius 2 is 1.79 bits per heavy atom. The zero-order valence-electron chi connectivity index (χ0n) is 15.8. The van der Waals surface area contributed by atoms with Crippen molar-refractivity contribution in [2.24, 2.45) is 5.92 Å². The highest BCUT2D eigenvalue weighted by Crippen LogP contribution is 2.35. The minimum Gasteiger partial charge on any atom is -0.454 e. The predicted molar refractivity (Wildman–Crippen MR) is 106 cm³/mol. The zero-order valence-corrected chi connectivity index (χ0v) is 15.8. The Hall–Kier alpha value is -2.86. The van der Waals surface area contributed by atoms with Gasteiger partial charge in [-0.15, -0.1) is 10.2 Å². The highest BCUT2D eigenvalue weighted by molar-refractivity contribution is 5.61. The van der Waals surface area contributed by atoms with Crippen LogP contribution < -0.4 is 9.47 Å². The quantitative estimate of drug-likeness (QED) is 0.736. The molecule has 144 valence electrons. The maximum absolute atomic E-state index is 5.45. The van der Waals surface area contributed by atoms with Crippen molar-refractivity contribution in [2.75, 3.05) is 19.9 Å². The van der Waals surface area contributed by atoms with Gasteiger partial charge in [-0.2, -0.15) is 0 Å². The number of ether oxygens (including phenoxy) is 2. The Labute approximate surface area is 164 Å². The number of likely N-dealkylation sites (tertiary alicyclic amines) is 1. The topological polar surface area (TPSA) is 63.3 Å². The number of aromatic nitrogens is 3. The molecule has 28 heavy (non-hydrogen) atoms. The maximum Gasteiger partial charge on any atom is 0.231 e. The van der Waals surface area contributed by atoms with Crippen molar-refractivity contribution in [1.29, 1.82) is 0 Å². The van der Waals surface area contributed by atoms with E-state index in [1.165, 1.54) is 24.8 Å². The Morgan fingerprint density at radius 1 is 0.964 bits per heavy atom. The smallest absolute Gasteiger partial charge is 0.231 e. The number of aromatic amines is 1. The van der Waals surface area contributed by atoms with E-state index in [2.05, 4.69) is 50.4 Å². The fourth-order valence-corrected chi connectivity index (χ4v) is 4.05. The molecular weight excluding hydrogens is 352 g/mol. The summed E-state index contributed by atoms with van der Waals surface area (Å²) in [5, 5.41) is 8.67. The fraction of sp³-hybridized carbons (Fsp3) is 0.364. The van der Waals surface area contributed by atoms with Crippen LogP contribution in [0.25, 0.3) is 11.4 Å². The molecule has 6 nitrogen and oxygen atoms in total. The van der Waals surface area contributed by atoms with E-state index in [0.29, 0.717) is 0 Å². The van der Waals surface area contributed by atoms with E-state index in [-0.39, 0.29) is 6.79 Å². The van der Waals surface area contributed by atoms with Crippen LogP contribution in [0.4, 0.5) is 0 Å². The highest BCUT2D eigenvalue weighted by atomic mass is 16.7. The van der Waals surface area contributed by atoms with Gasteiger partial charge < -0.3 is 14.5 Å². The fourth-order valence-electron chi connectivity index (χ4n) is 4.05. The highest BCUT2D eigenvalue weighted by Gasteiger charge is 2.21. The molecule has 1 N–H and O–H groups in total. The van der Waals surface area contributed by atoms with E-state index in [1.807, 2.05) is 18.2 Å². The van der Waals surface area contributed by atoms with Crippen molar-refractivity contribution >= 4 is 0 Å². The normalized spacial score (nSPS) is 17.1. The number of H-pyrrole nitrogens is 1. The molecule has 1 saturated heterocycles. The van der Waals surface area contributed by atoms with Gasteiger partial charge in [-0.3, -0.25) is 4.90 Å². The van der Waals surface area contributed by atoms with Gasteiger partial charge in [0.15, 0.2) is 17.3 Å². The number of hydrogen-bond acceptors (Lipinski definition) is 5. The van der Waals surface area contributed by atoms with Gasteiger partial charge in [0.1, 0.15) is 5.82 Å². The second kappa shape index (κ2) is 7.64. The van der Waals surface area contributed by atoms with E-state index >= 15 is 0 Å². The third-order valence-corrected chi connectivity index (χ3v) is 5.63. The second-order valence-corrected chi connectivity index (χ2v) is 7.60. The van der Waals surface area contributed by atoms with Crippen LogP contribution in [-0.4, -0.2) is 40.0 Å². The second-order valence-electron chi connectivity index (χ2n) is 7.60. The molecule has 2 aliphatic rings. The van der Waals surface area contributed by atoms with Crippen LogP contribution in [0.5, 0.6) is 11.5 Å². The standard InChI is InChI=1S/C22H24N4O2/c1-2-4-16(5-3-1)12-17-8-10-26(11-9-17)14-21-23-22(25-24-21)18-6-7-19-20(13-18)28-15-27-19/h1-7,13,17H,8-12,14-15H2,(H,23,24,25). The van der Waals surface area contributed by atoms with Crippen molar-refractivity contribution < 1.29 is 9.47 Å². The Kier molecular flexibility index (Phi) is 4.71. The third kappa shape index (κ3) is 3.73. The van der Waals surface area contributed by atoms with E-state index < -0.39 is 0 Å². The predicted octanol–water partition coefficient (Wildman–Crippen LogP) is 3.66. The lowest BCUT2D eigenvalue weighted by atomic mass is 9.90. The summed E-state index contributed by atoms with van der Waals surface area (Å²) in [6.45, 7) is 3.31. The molecule has 0 radical (unpaired) electrons. The third-order valence-electron chi connectivity index (χ3n) is 5.63. The summed E-state index contributed by atoms with van der Waals surface area (Å²) in [6.07, 6.45) is 3.65. The average molecular weight is 376 g/mol. The average Bonchev–Trinajstić information content (AvgIpc) is 3.39. The van der Waals surface area contributed by atoms with Crippen molar-refractivity contribution in [3.05, 3.63) is 59.9 Å². The SMILES string of the molecule is c1ccc(CC2CCN(Cc3nnc(-c4ccc5c(c4)OCO5)[nH]3)CC2)cc1. The summed E-state index contributed by atoms with van der Waals surface area (Å²) in [5.74, 6) is 4.00. The molecule has 0 saturated carbocycles. The van der Waals surface area contributed by atoms with Gasteiger partial charge in [0.25, 0.3) is 0 Å². The monoisotopic (exact) mass is 376 g/mol. The Morgan fingerprint density at radius 3 is 2.64 bits per heavy atom. The minimum atomic E-state index is 0.278. The summed E-state index contributed by atoms with van der Waals surface area (Å²) in [6, 6.07) is 16.7. The van der Waals surface area contributed by atoms with Crippen molar-refractivity contribution in [3.63, 3.8) is 0 Å². The molecule has 5 rings (SSSR count). The first-order valence-corrected chi connectivity index (χ1v) is 9.91. The van der Waals surface area contributed by atoms with Gasteiger partial charge in [0.05, 0.1) is 6.54 Å². The maximum atomic E-state index is 5.45. The number of nitrogens with zero attached hydrogens (tertiary/aromatic N) is 3. The van der Waals surface area contributed by atoms with E-state index in [4.69, 9.17) is 9.47 Å². The number of nitrogens with one attached hydrogen (secondary N) is 1. The molecular formula is C22H24N4O2. The van der Waals surface area contributed by atoms with Gasteiger partial charge in [0.2, 0.25) is 6.79 Å². The van der Waals surface area contributed by atoms with Gasteiger partial charge in [-0.1, -0.05) is 30.3 Å². The summed E-state index contributed by atoms with van der Waals surface area (Å²) in [5.41, 5.74) is 2.41. The Balaban J connectivity index is 1.17. The lowest BCUT2D eigenvalue weighted by Crippen LogP contribution is -2.34. The molecule has 3 heterocycles. The number of hydrogen-bond donors (Lipinski definition) is 1. The molecule has 2 aliphatic heterocycles. The van der Waals surface area contributed by atoms with Gasteiger partial charge >= 0.3 is 0 Å². The van der Waals surface area contributed by atoms with E-state index in [0.717, 1.165) is 54.3 Å². The molecule has 3 aromatic rings. The first kappa shape index (κ1) is 17.3. The molecule has 0 spiro atoms. The Bertz CT molecular complexity index is 933.